The van der Waals surface area contributed by atoms with Crippen molar-refractivity contribution in [2.24, 2.45) is 0 Å². The highest BCUT2D eigenvalue weighted by molar-refractivity contribution is 7.76. The van der Waals surface area contributed by atoms with Gasteiger partial charge in [0.2, 0.25) is 0 Å². The van der Waals surface area contributed by atoms with Gasteiger partial charge in [0.15, 0.2) is 0 Å². The molecule has 0 spiro atoms. The molecule has 7 nitrogen and oxygen atoms in total. The summed E-state index contributed by atoms with van der Waals surface area (Å²) in [6.45, 7) is -0.634. The molecule has 4 aromatic carbocycles. The predicted molar refractivity (Wildman–Crippen MR) is 145 cm³/mol. The first-order valence-electron chi connectivity index (χ1n) is 12.0. The van der Waals surface area contributed by atoms with Gasteiger partial charge >= 0.3 is 20.8 Å². The minimum absolute atomic E-state index is 0.158. The van der Waals surface area contributed by atoms with Crippen molar-refractivity contribution in [3.05, 3.63) is 149 Å². The average molecular weight is 551 g/mol. The Morgan fingerprint density at radius 3 is 0.868 bits per heavy atom. The minimum atomic E-state index is -4.55. The van der Waals surface area contributed by atoms with E-state index in [9.17, 15) is 14.2 Å². The maximum atomic E-state index is 14.1. The standard InChI is InChI=1S/C29H29O7P2/c30-29(37(31,33-21-25-13-5-1-6-14-25)34-22-26-15-7-2-8-16-26)38(32,35-23-27-17-9-3-10-18-27)36-24-28-19-11-4-12-20-28/h1-20,30H,21-24H2. The number of aliphatic hydroxyl groups excluding tert-OH is 1. The van der Waals surface area contributed by atoms with Crippen molar-refractivity contribution in [1.29, 1.82) is 0 Å². The number of rotatable bonds is 14. The lowest BCUT2D eigenvalue weighted by Crippen LogP contribution is -2.11. The zero-order valence-corrected chi connectivity index (χ0v) is 22.5. The minimum Gasteiger partial charge on any atom is -0.364 e. The Bertz CT molecular complexity index is 1140. The second-order valence-corrected chi connectivity index (χ2v) is 12.6. The third-order valence-electron chi connectivity index (χ3n) is 5.47. The van der Waals surface area contributed by atoms with Crippen molar-refractivity contribution in [2.45, 2.75) is 26.4 Å². The summed E-state index contributed by atoms with van der Waals surface area (Å²) in [5, 5.41) is 11.3. The van der Waals surface area contributed by atoms with Crippen LogP contribution in [0.25, 0.3) is 0 Å². The molecule has 1 N–H and O–H groups in total. The molecule has 0 aliphatic carbocycles. The van der Waals surface area contributed by atoms with Crippen molar-refractivity contribution < 1.29 is 32.3 Å². The number of aliphatic hydroxyl groups is 1. The Kier molecular flexibility index (Phi) is 10.2. The Balaban J connectivity index is 1.60. The van der Waals surface area contributed by atoms with E-state index in [1.165, 1.54) is 0 Å². The van der Waals surface area contributed by atoms with Crippen LogP contribution in [-0.2, 0) is 53.7 Å². The molecular formula is C29H29O7P2. The molecule has 0 saturated carbocycles. The van der Waals surface area contributed by atoms with Gasteiger partial charge in [-0.05, 0) is 22.3 Å². The van der Waals surface area contributed by atoms with Crippen LogP contribution in [0.15, 0.2) is 121 Å². The molecule has 197 valence electrons. The largest absolute Gasteiger partial charge is 0.379 e. The highest BCUT2D eigenvalue weighted by Crippen LogP contribution is 2.75. The van der Waals surface area contributed by atoms with Gasteiger partial charge in [0.1, 0.15) is 0 Å². The van der Waals surface area contributed by atoms with E-state index in [0.717, 1.165) is 0 Å². The fourth-order valence-corrected chi connectivity index (χ4v) is 7.17. The molecule has 0 amide bonds. The molecule has 0 fully saturated rings. The van der Waals surface area contributed by atoms with E-state index in [1.54, 1.807) is 97.1 Å². The van der Waals surface area contributed by atoms with E-state index in [2.05, 4.69) is 0 Å². The Hall–Kier alpha value is -2.86. The van der Waals surface area contributed by atoms with Crippen LogP contribution >= 0.6 is 15.2 Å². The lowest BCUT2D eigenvalue weighted by molar-refractivity contribution is 0.150. The maximum Gasteiger partial charge on any atom is 0.379 e. The van der Waals surface area contributed by atoms with Crippen LogP contribution in [0.4, 0.5) is 0 Å². The van der Waals surface area contributed by atoms with Crippen LogP contribution in [0.1, 0.15) is 22.3 Å². The molecule has 4 aromatic rings. The molecule has 0 aliphatic heterocycles. The Morgan fingerprint density at radius 1 is 0.447 bits per heavy atom. The lowest BCUT2D eigenvalue weighted by Gasteiger charge is -2.27. The summed E-state index contributed by atoms with van der Waals surface area (Å²) >= 11 is 0. The topological polar surface area (TPSA) is 91.3 Å². The molecule has 0 unspecified atom stereocenters. The molecule has 0 heterocycles. The van der Waals surface area contributed by atoms with Crippen LogP contribution in [0.2, 0.25) is 0 Å². The van der Waals surface area contributed by atoms with Gasteiger partial charge in [0.25, 0.3) is 0 Å². The van der Waals surface area contributed by atoms with Crippen LogP contribution in [0, 0.1) is 5.59 Å². The van der Waals surface area contributed by atoms with E-state index < -0.39 is 20.8 Å². The average Bonchev–Trinajstić information content (AvgIpc) is 2.99. The second kappa shape index (κ2) is 13.8. The zero-order chi connectivity index (χ0) is 26.7. The molecule has 0 aromatic heterocycles. The first-order chi connectivity index (χ1) is 18.5. The van der Waals surface area contributed by atoms with Gasteiger partial charge < -0.3 is 23.2 Å². The second-order valence-electron chi connectivity index (χ2n) is 8.33. The lowest BCUT2D eigenvalue weighted by atomic mass is 10.2. The summed E-state index contributed by atoms with van der Waals surface area (Å²) < 4.78 is 50.8. The first-order valence-corrected chi connectivity index (χ1v) is 15.1. The summed E-state index contributed by atoms with van der Waals surface area (Å²) in [4.78, 5) is 0. The van der Waals surface area contributed by atoms with Crippen molar-refractivity contribution in [3.8, 4) is 0 Å². The van der Waals surface area contributed by atoms with Crippen molar-refractivity contribution in [3.63, 3.8) is 0 Å². The predicted octanol–water partition coefficient (Wildman–Crippen LogP) is 8.06. The first kappa shape index (κ1) is 28.2. The number of hydrogen-bond acceptors (Lipinski definition) is 7. The van der Waals surface area contributed by atoms with Crippen LogP contribution in [0.5, 0.6) is 0 Å². The van der Waals surface area contributed by atoms with Crippen LogP contribution in [-0.4, -0.2) is 5.11 Å². The highest BCUT2D eigenvalue weighted by Gasteiger charge is 2.52. The Morgan fingerprint density at radius 2 is 0.658 bits per heavy atom. The normalized spacial score (nSPS) is 12.1. The van der Waals surface area contributed by atoms with Crippen molar-refractivity contribution in [1.82, 2.24) is 0 Å². The monoisotopic (exact) mass is 551 g/mol. The molecule has 0 atom stereocenters. The molecule has 9 heteroatoms. The maximum absolute atomic E-state index is 14.1. The summed E-state index contributed by atoms with van der Waals surface area (Å²) in [6, 6.07) is 35.9. The van der Waals surface area contributed by atoms with E-state index >= 15 is 0 Å². The van der Waals surface area contributed by atoms with E-state index in [0.29, 0.717) is 22.3 Å². The Labute approximate surface area is 223 Å². The summed E-state index contributed by atoms with van der Waals surface area (Å²) in [6.07, 6.45) is 0. The molecule has 0 bridgehead atoms. The van der Waals surface area contributed by atoms with E-state index in [-0.39, 0.29) is 26.4 Å². The fourth-order valence-electron chi connectivity index (χ4n) is 3.39. The third-order valence-corrected chi connectivity index (χ3v) is 9.79. The van der Waals surface area contributed by atoms with Crippen molar-refractivity contribution >= 4 is 15.2 Å². The fraction of sp³-hybridized carbons (Fsp3) is 0.138. The molecule has 38 heavy (non-hydrogen) atoms. The van der Waals surface area contributed by atoms with Gasteiger partial charge in [0, 0.05) is 0 Å². The third kappa shape index (κ3) is 8.07. The number of benzene rings is 4. The van der Waals surface area contributed by atoms with Crippen molar-refractivity contribution in [2.75, 3.05) is 0 Å². The van der Waals surface area contributed by atoms with Gasteiger partial charge in [-0.15, -0.1) is 0 Å². The SMILES string of the molecule is O=P(OCc1ccccc1)(OCc1ccccc1)[C](O)P(=O)(OCc1ccccc1)OCc1ccccc1. The van der Waals surface area contributed by atoms with Crippen LogP contribution < -0.4 is 0 Å². The van der Waals surface area contributed by atoms with Gasteiger partial charge in [0.05, 0.1) is 26.4 Å². The molecule has 0 aliphatic rings. The van der Waals surface area contributed by atoms with Gasteiger partial charge in [-0.1, -0.05) is 121 Å². The van der Waals surface area contributed by atoms with Gasteiger partial charge in [-0.25, -0.2) is 0 Å². The molecular weight excluding hydrogens is 522 g/mol. The molecule has 4 rings (SSSR count). The number of hydrogen-bond donors (Lipinski definition) is 1. The quantitative estimate of drug-likeness (QED) is 0.159. The summed E-state index contributed by atoms with van der Waals surface area (Å²) in [5.41, 5.74) is 1.66. The zero-order valence-electron chi connectivity index (χ0n) is 20.7. The van der Waals surface area contributed by atoms with Crippen LogP contribution in [0.3, 0.4) is 0 Å². The van der Waals surface area contributed by atoms with Gasteiger partial charge in [-0.3, -0.25) is 9.13 Å². The summed E-state index contributed by atoms with van der Waals surface area (Å²) in [7, 11) is -9.09. The van der Waals surface area contributed by atoms with E-state index in [1.807, 2.05) is 24.3 Å². The molecule has 0 saturated heterocycles. The highest BCUT2D eigenvalue weighted by atomic mass is 31.2. The van der Waals surface area contributed by atoms with Gasteiger partial charge in [-0.2, -0.15) is 0 Å². The summed E-state index contributed by atoms with van der Waals surface area (Å²) in [5.74, 6) is 0. The smallest absolute Gasteiger partial charge is 0.364 e. The molecule has 1 radical (unpaired) electrons. The van der Waals surface area contributed by atoms with E-state index in [4.69, 9.17) is 18.1 Å².